The van der Waals surface area contributed by atoms with Gasteiger partial charge in [-0.25, -0.2) is 4.68 Å². The van der Waals surface area contributed by atoms with Gasteiger partial charge in [0, 0.05) is 0 Å². The Balaban J connectivity index is 2.34. The number of halogens is 1. The molecular weight excluding hydrogens is 200 g/mol. The van der Waals surface area contributed by atoms with Gasteiger partial charge in [-0.05, 0) is 50.0 Å². The van der Waals surface area contributed by atoms with Gasteiger partial charge in [0.05, 0.1) is 10.9 Å². The van der Waals surface area contributed by atoms with Gasteiger partial charge in [0.15, 0.2) is 5.82 Å². The van der Waals surface area contributed by atoms with E-state index in [1.54, 1.807) is 0 Å². The van der Waals surface area contributed by atoms with Crippen LogP contribution in [-0.4, -0.2) is 20.2 Å². The van der Waals surface area contributed by atoms with Crippen molar-refractivity contribution in [3.8, 4) is 0 Å². The summed E-state index contributed by atoms with van der Waals surface area (Å²) in [6.07, 6.45) is 2.53. The lowest BCUT2D eigenvalue weighted by Gasteiger charge is -2.25. The van der Waals surface area contributed by atoms with Gasteiger partial charge in [0.2, 0.25) is 0 Å². The SMILES string of the molecule is CC(Cl)c1nnnn1C(C)(C)C1CC1. The first-order chi connectivity index (χ1) is 6.53. The van der Waals surface area contributed by atoms with E-state index in [4.69, 9.17) is 11.6 Å². The number of nitrogens with zero attached hydrogens (tertiary/aromatic N) is 4. The Labute approximate surface area is 88.6 Å². The van der Waals surface area contributed by atoms with E-state index in [-0.39, 0.29) is 10.9 Å². The van der Waals surface area contributed by atoms with Gasteiger partial charge in [0.25, 0.3) is 0 Å². The predicted octanol–water partition coefficient (Wildman–Crippen LogP) is 2.12. The second-order valence-corrected chi connectivity index (χ2v) is 5.15. The Morgan fingerprint density at radius 1 is 1.50 bits per heavy atom. The Morgan fingerprint density at radius 3 is 2.64 bits per heavy atom. The number of rotatable bonds is 3. The average molecular weight is 215 g/mol. The molecule has 1 atom stereocenters. The number of hydrogen-bond donors (Lipinski definition) is 0. The molecule has 0 radical (unpaired) electrons. The predicted molar refractivity (Wildman–Crippen MR) is 54.1 cm³/mol. The molecule has 1 unspecified atom stereocenters. The molecule has 1 fully saturated rings. The first-order valence-electron chi connectivity index (χ1n) is 4.96. The van der Waals surface area contributed by atoms with Gasteiger partial charge < -0.3 is 0 Å². The molecule has 0 saturated heterocycles. The van der Waals surface area contributed by atoms with Gasteiger partial charge in [-0.3, -0.25) is 0 Å². The third-order valence-electron chi connectivity index (χ3n) is 2.97. The quantitative estimate of drug-likeness (QED) is 0.724. The van der Waals surface area contributed by atoms with Gasteiger partial charge in [-0.15, -0.1) is 16.7 Å². The molecule has 4 nitrogen and oxygen atoms in total. The molecule has 78 valence electrons. The summed E-state index contributed by atoms with van der Waals surface area (Å²) in [5.74, 6) is 1.46. The van der Waals surface area contributed by atoms with E-state index >= 15 is 0 Å². The molecular formula is C9H15ClN4. The molecule has 0 amide bonds. The number of hydrogen-bond acceptors (Lipinski definition) is 3. The molecule has 5 heteroatoms. The van der Waals surface area contributed by atoms with Crippen molar-refractivity contribution in [2.24, 2.45) is 5.92 Å². The maximum Gasteiger partial charge on any atom is 0.169 e. The highest BCUT2D eigenvalue weighted by atomic mass is 35.5. The van der Waals surface area contributed by atoms with E-state index in [2.05, 4.69) is 29.4 Å². The van der Waals surface area contributed by atoms with Crippen LogP contribution in [0.5, 0.6) is 0 Å². The van der Waals surface area contributed by atoms with Crippen molar-refractivity contribution in [3.63, 3.8) is 0 Å². The van der Waals surface area contributed by atoms with Crippen molar-refractivity contribution in [2.75, 3.05) is 0 Å². The third kappa shape index (κ3) is 1.52. The summed E-state index contributed by atoms with van der Waals surface area (Å²) in [5.41, 5.74) is 0.00197. The maximum absolute atomic E-state index is 6.02. The second-order valence-electron chi connectivity index (χ2n) is 4.49. The van der Waals surface area contributed by atoms with Gasteiger partial charge >= 0.3 is 0 Å². The van der Waals surface area contributed by atoms with Gasteiger partial charge in [-0.2, -0.15) is 0 Å². The maximum atomic E-state index is 6.02. The van der Waals surface area contributed by atoms with Crippen molar-refractivity contribution in [3.05, 3.63) is 5.82 Å². The highest BCUT2D eigenvalue weighted by molar-refractivity contribution is 6.20. The topological polar surface area (TPSA) is 43.6 Å². The number of tetrazole rings is 1. The molecule has 0 spiro atoms. The van der Waals surface area contributed by atoms with Crippen LogP contribution in [0, 0.1) is 5.92 Å². The van der Waals surface area contributed by atoms with Gasteiger partial charge in [0.1, 0.15) is 0 Å². The first kappa shape index (κ1) is 9.90. The summed E-state index contributed by atoms with van der Waals surface area (Å²) in [4.78, 5) is 0. The molecule has 1 aromatic heterocycles. The van der Waals surface area contributed by atoms with Crippen LogP contribution in [0.25, 0.3) is 0 Å². The smallest absolute Gasteiger partial charge is 0.169 e. The molecule has 0 N–H and O–H groups in total. The van der Waals surface area contributed by atoms with Crippen LogP contribution in [0.4, 0.5) is 0 Å². The van der Waals surface area contributed by atoms with Gasteiger partial charge in [-0.1, -0.05) is 0 Å². The zero-order chi connectivity index (χ0) is 10.3. The van der Waals surface area contributed by atoms with E-state index in [0.29, 0.717) is 5.92 Å². The van der Waals surface area contributed by atoms with Crippen molar-refractivity contribution >= 4 is 11.6 Å². The summed E-state index contributed by atoms with van der Waals surface area (Å²) in [6, 6.07) is 0. The van der Waals surface area contributed by atoms with Crippen LogP contribution in [0.3, 0.4) is 0 Å². The highest BCUT2D eigenvalue weighted by Crippen LogP contribution is 2.44. The van der Waals surface area contributed by atoms with E-state index in [1.165, 1.54) is 12.8 Å². The lowest BCUT2D eigenvalue weighted by Crippen LogP contribution is -2.32. The van der Waals surface area contributed by atoms with E-state index < -0.39 is 0 Å². The third-order valence-corrected chi connectivity index (χ3v) is 3.17. The fraction of sp³-hybridized carbons (Fsp3) is 0.889. The normalized spacial score (nSPS) is 19.7. The lowest BCUT2D eigenvalue weighted by molar-refractivity contribution is 0.259. The summed E-state index contributed by atoms with van der Waals surface area (Å²) in [6.45, 7) is 6.24. The highest BCUT2D eigenvalue weighted by Gasteiger charge is 2.41. The minimum Gasteiger partial charge on any atom is -0.222 e. The number of aromatic nitrogens is 4. The fourth-order valence-electron chi connectivity index (χ4n) is 1.82. The van der Waals surface area contributed by atoms with E-state index in [1.807, 2.05) is 11.6 Å². The molecule has 1 aliphatic rings. The summed E-state index contributed by atoms with van der Waals surface area (Å²) < 4.78 is 1.88. The molecule has 0 aromatic carbocycles. The fourth-order valence-corrected chi connectivity index (χ4v) is 1.95. The first-order valence-corrected chi connectivity index (χ1v) is 5.40. The molecule has 1 aromatic rings. The molecule has 0 aliphatic heterocycles. The second kappa shape index (κ2) is 3.19. The molecule has 1 aliphatic carbocycles. The van der Waals surface area contributed by atoms with Crippen LogP contribution in [0.15, 0.2) is 0 Å². The summed E-state index contributed by atoms with van der Waals surface area (Å²) in [5, 5.41) is 11.6. The molecule has 1 heterocycles. The molecule has 1 saturated carbocycles. The molecule has 0 bridgehead atoms. The minimum atomic E-state index is -0.136. The van der Waals surface area contributed by atoms with Crippen LogP contribution in [0.2, 0.25) is 0 Å². The minimum absolute atomic E-state index is 0.00197. The zero-order valence-corrected chi connectivity index (χ0v) is 9.49. The zero-order valence-electron chi connectivity index (χ0n) is 8.74. The Hall–Kier alpha value is -0.640. The van der Waals surface area contributed by atoms with Crippen LogP contribution < -0.4 is 0 Å². The van der Waals surface area contributed by atoms with Crippen molar-refractivity contribution in [2.45, 2.75) is 44.5 Å². The largest absolute Gasteiger partial charge is 0.222 e. The van der Waals surface area contributed by atoms with Crippen molar-refractivity contribution in [1.29, 1.82) is 0 Å². The van der Waals surface area contributed by atoms with Crippen LogP contribution in [-0.2, 0) is 5.54 Å². The van der Waals surface area contributed by atoms with Crippen molar-refractivity contribution in [1.82, 2.24) is 20.2 Å². The van der Waals surface area contributed by atoms with Crippen molar-refractivity contribution < 1.29 is 0 Å². The standard InChI is InChI=1S/C9H15ClN4/c1-6(10)8-11-12-13-14(8)9(2,3)7-4-5-7/h6-7H,4-5H2,1-3H3. The van der Waals surface area contributed by atoms with E-state index in [9.17, 15) is 0 Å². The Bertz CT molecular complexity index is 327. The van der Waals surface area contributed by atoms with Crippen LogP contribution in [0.1, 0.15) is 44.8 Å². The monoisotopic (exact) mass is 214 g/mol. The molecule has 14 heavy (non-hydrogen) atoms. The van der Waals surface area contributed by atoms with Crippen LogP contribution >= 0.6 is 11.6 Å². The summed E-state index contributed by atoms with van der Waals surface area (Å²) in [7, 11) is 0. The Morgan fingerprint density at radius 2 is 2.14 bits per heavy atom. The summed E-state index contributed by atoms with van der Waals surface area (Å²) >= 11 is 6.02. The van der Waals surface area contributed by atoms with E-state index in [0.717, 1.165) is 5.82 Å². The molecule has 2 rings (SSSR count). The number of alkyl halides is 1. The average Bonchev–Trinajstić information content (AvgIpc) is 2.82. The Kier molecular flexibility index (Phi) is 2.26. The lowest BCUT2D eigenvalue weighted by atomic mass is 9.99.